The average molecular weight is 201 g/mol. The van der Waals surface area contributed by atoms with Crippen molar-refractivity contribution in [2.24, 2.45) is 5.92 Å². The van der Waals surface area contributed by atoms with E-state index in [0.717, 1.165) is 24.8 Å². The molecule has 2 heteroatoms. The minimum absolute atomic E-state index is 0.311. The molecule has 0 bridgehead atoms. The maximum Gasteiger partial charge on any atom is 0.0991 e. The van der Waals surface area contributed by atoms with Crippen molar-refractivity contribution >= 4 is 0 Å². The summed E-state index contributed by atoms with van der Waals surface area (Å²) in [6, 6.07) is 9.39. The number of hydrogen-bond acceptors (Lipinski definition) is 2. The van der Waals surface area contributed by atoms with Crippen molar-refractivity contribution in [3.8, 4) is 6.07 Å². The van der Waals surface area contributed by atoms with Gasteiger partial charge in [0.2, 0.25) is 0 Å². The summed E-state index contributed by atoms with van der Waals surface area (Å²) in [6.45, 7) is 2.09. The van der Waals surface area contributed by atoms with Gasteiger partial charge >= 0.3 is 0 Å². The van der Waals surface area contributed by atoms with Crippen LogP contribution in [0.5, 0.6) is 0 Å². The number of nitrogens with zero attached hydrogens (tertiary/aromatic N) is 1. The van der Waals surface area contributed by atoms with E-state index in [1.54, 1.807) is 12.1 Å². The molecule has 78 valence electrons. The first-order chi connectivity index (χ1) is 7.16. The SMILES string of the molecule is C[C@H]1CCC[C@@]1(O)c1ccc(C#N)cc1. The van der Waals surface area contributed by atoms with Crippen LogP contribution in [0.4, 0.5) is 0 Å². The van der Waals surface area contributed by atoms with E-state index in [2.05, 4.69) is 13.0 Å². The van der Waals surface area contributed by atoms with Gasteiger partial charge < -0.3 is 5.11 Å². The third-order valence-electron chi connectivity index (χ3n) is 3.52. The van der Waals surface area contributed by atoms with Gasteiger partial charge in [-0.3, -0.25) is 0 Å². The highest BCUT2D eigenvalue weighted by molar-refractivity contribution is 5.34. The molecule has 0 unspecified atom stereocenters. The molecule has 0 spiro atoms. The maximum absolute atomic E-state index is 10.5. The lowest BCUT2D eigenvalue weighted by Crippen LogP contribution is -2.28. The summed E-state index contributed by atoms with van der Waals surface area (Å²) < 4.78 is 0. The lowest BCUT2D eigenvalue weighted by atomic mass is 9.85. The third-order valence-corrected chi connectivity index (χ3v) is 3.52. The molecule has 0 aliphatic heterocycles. The highest BCUT2D eigenvalue weighted by atomic mass is 16.3. The normalized spacial score (nSPS) is 30.1. The lowest BCUT2D eigenvalue weighted by Gasteiger charge is -2.28. The minimum atomic E-state index is -0.673. The Morgan fingerprint density at radius 3 is 2.53 bits per heavy atom. The van der Waals surface area contributed by atoms with Crippen LogP contribution in [0.25, 0.3) is 0 Å². The number of benzene rings is 1. The van der Waals surface area contributed by atoms with Crippen molar-refractivity contribution < 1.29 is 5.11 Å². The van der Waals surface area contributed by atoms with Crippen LogP contribution in [0.2, 0.25) is 0 Å². The predicted molar refractivity (Wildman–Crippen MR) is 58.1 cm³/mol. The first-order valence-electron chi connectivity index (χ1n) is 5.40. The molecule has 0 aromatic heterocycles. The zero-order chi connectivity index (χ0) is 10.9. The van der Waals surface area contributed by atoms with Gasteiger partial charge in [0.15, 0.2) is 0 Å². The highest BCUT2D eigenvalue weighted by Gasteiger charge is 2.39. The Morgan fingerprint density at radius 2 is 2.07 bits per heavy atom. The second kappa shape index (κ2) is 3.67. The molecule has 1 aliphatic rings. The van der Waals surface area contributed by atoms with Gasteiger partial charge in [-0.1, -0.05) is 19.1 Å². The maximum atomic E-state index is 10.5. The number of rotatable bonds is 1. The molecule has 1 saturated carbocycles. The van der Waals surface area contributed by atoms with Gasteiger partial charge in [0.1, 0.15) is 0 Å². The fourth-order valence-electron chi connectivity index (χ4n) is 2.43. The Kier molecular flexibility index (Phi) is 2.50. The zero-order valence-corrected chi connectivity index (χ0v) is 8.90. The molecule has 1 aliphatic carbocycles. The first-order valence-corrected chi connectivity index (χ1v) is 5.40. The minimum Gasteiger partial charge on any atom is -0.385 e. The number of nitriles is 1. The standard InChI is InChI=1S/C13H15NO/c1-10-3-2-8-13(10,15)12-6-4-11(9-14)5-7-12/h4-7,10,15H,2-3,8H2,1H3/t10-,13-/m0/s1. The molecule has 0 radical (unpaired) electrons. The zero-order valence-electron chi connectivity index (χ0n) is 8.90. The van der Waals surface area contributed by atoms with Crippen LogP contribution >= 0.6 is 0 Å². The lowest BCUT2D eigenvalue weighted by molar-refractivity contribution is 0.00449. The summed E-state index contributed by atoms with van der Waals surface area (Å²) in [5, 5.41) is 19.2. The summed E-state index contributed by atoms with van der Waals surface area (Å²) in [6.07, 6.45) is 2.99. The molecule has 2 rings (SSSR count). The second-order valence-corrected chi connectivity index (χ2v) is 4.41. The van der Waals surface area contributed by atoms with Gasteiger partial charge in [-0.05, 0) is 42.9 Å². The summed E-state index contributed by atoms with van der Waals surface area (Å²) in [4.78, 5) is 0. The average Bonchev–Trinajstić information content (AvgIpc) is 2.61. The van der Waals surface area contributed by atoms with E-state index in [1.807, 2.05) is 12.1 Å². The van der Waals surface area contributed by atoms with E-state index in [4.69, 9.17) is 5.26 Å². The molecule has 1 aromatic carbocycles. The van der Waals surface area contributed by atoms with Gasteiger partial charge in [0.05, 0.1) is 17.2 Å². The van der Waals surface area contributed by atoms with E-state index in [0.29, 0.717) is 11.5 Å². The molecule has 0 heterocycles. The van der Waals surface area contributed by atoms with E-state index in [1.165, 1.54) is 0 Å². The van der Waals surface area contributed by atoms with Crippen molar-refractivity contribution in [1.82, 2.24) is 0 Å². The van der Waals surface area contributed by atoms with Gasteiger partial charge in [0.25, 0.3) is 0 Å². The first kappa shape index (κ1) is 10.2. The number of hydrogen-bond donors (Lipinski definition) is 1. The smallest absolute Gasteiger partial charge is 0.0991 e. The largest absolute Gasteiger partial charge is 0.385 e. The molecule has 2 nitrogen and oxygen atoms in total. The Hall–Kier alpha value is -1.33. The van der Waals surface area contributed by atoms with Gasteiger partial charge in [-0.2, -0.15) is 5.26 Å². The van der Waals surface area contributed by atoms with Gasteiger partial charge in [-0.15, -0.1) is 0 Å². The molecule has 15 heavy (non-hydrogen) atoms. The topological polar surface area (TPSA) is 44.0 Å². The molecule has 0 saturated heterocycles. The summed E-state index contributed by atoms with van der Waals surface area (Å²) >= 11 is 0. The summed E-state index contributed by atoms with van der Waals surface area (Å²) in [5.41, 5.74) is 0.924. The Labute approximate surface area is 90.2 Å². The van der Waals surface area contributed by atoms with Crippen molar-refractivity contribution in [2.75, 3.05) is 0 Å². The third kappa shape index (κ3) is 1.64. The quantitative estimate of drug-likeness (QED) is 0.758. The van der Waals surface area contributed by atoms with Crippen molar-refractivity contribution in [1.29, 1.82) is 5.26 Å². The van der Waals surface area contributed by atoms with Crippen LogP contribution in [0.1, 0.15) is 37.3 Å². The van der Waals surface area contributed by atoms with Crippen LogP contribution < -0.4 is 0 Å². The van der Waals surface area contributed by atoms with Crippen LogP contribution in [0, 0.1) is 17.2 Å². The van der Waals surface area contributed by atoms with Gasteiger partial charge in [0, 0.05) is 0 Å². The fourth-order valence-corrected chi connectivity index (χ4v) is 2.43. The van der Waals surface area contributed by atoms with E-state index >= 15 is 0 Å². The monoisotopic (exact) mass is 201 g/mol. The second-order valence-electron chi connectivity index (χ2n) is 4.41. The van der Waals surface area contributed by atoms with E-state index < -0.39 is 5.60 Å². The Balaban J connectivity index is 2.33. The molecular formula is C13H15NO. The van der Waals surface area contributed by atoms with Crippen molar-refractivity contribution in [3.63, 3.8) is 0 Å². The van der Waals surface area contributed by atoms with Crippen LogP contribution in [0.3, 0.4) is 0 Å². The van der Waals surface area contributed by atoms with Crippen LogP contribution in [-0.4, -0.2) is 5.11 Å². The Morgan fingerprint density at radius 1 is 1.40 bits per heavy atom. The molecule has 0 amide bonds. The van der Waals surface area contributed by atoms with Gasteiger partial charge in [-0.25, -0.2) is 0 Å². The molecular weight excluding hydrogens is 186 g/mol. The fraction of sp³-hybridized carbons (Fsp3) is 0.462. The molecule has 1 aromatic rings. The molecule has 1 N–H and O–H groups in total. The number of aliphatic hydroxyl groups is 1. The molecule has 2 atom stereocenters. The van der Waals surface area contributed by atoms with Crippen molar-refractivity contribution in [3.05, 3.63) is 35.4 Å². The predicted octanol–water partition coefficient (Wildman–Crippen LogP) is 2.57. The van der Waals surface area contributed by atoms with E-state index in [-0.39, 0.29) is 0 Å². The Bertz CT molecular complexity index is 390. The summed E-state index contributed by atoms with van der Waals surface area (Å²) in [7, 11) is 0. The molecule has 1 fully saturated rings. The van der Waals surface area contributed by atoms with Crippen LogP contribution in [-0.2, 0) is 5.60 Å². The van der Waals surface area contributed by atoms with Crippen molar-refractivity contribution in [2.45, 2.75) is 31.8 Å². The summed E-state index contributed by atoms with van der Waals surface area (Å²) in [5.74, 6) is 0.311. The van der Waals surface area contributed by atoms with Crippen LogP contribution in [0.15, 0.2) is 24.3 Å². The van der Waals surface area contributed by atoms with E-state index in [9.17, 15) is 5.11 Å². The highest BCUT2D eigenvalue weighted by Crippen LogP contribution is 2.43.